The molecule has 0 unspecified atom stereocenters. The summed E-state index contributed by atoms with van der Waals surface area (Å²) in [6.45, 7) is 2.91. The first-order valence-corrected chi connectivity index (χ1v) is 9.02. The highest BCUT2D eigenvalue weighted by molar-refractivity contribution is 5.94. The molecule has 0 aromatic carbocycles. The minimum atomic E-state index is -0.0384. The predicted molar refractivity (Wildman–Crippen MR) is 97.5 cm³/mol. The third-order valence-electron chi connectivity index (χ3n) is 5.18. The molecule has 1 aliphatic heterocycles. The van der Waals surface area contributed by atoms with Gasteiger partial charge in [0.1, 0.15) is 12.0 Å². The van der Waals surface area contributed by atoms with Crippen LogP contribution in [0.2, 0.25) is 0 Å². The van der Waals surface area contributed by atoms with E-state index in [2.05, 4.69) is 0 Å². The summed E-state index contributed by atoms with van der Waals surface area (Å²) in [6.07, 6.45) is 7.87. The van der Waals surface area contributed by atoms with Crippen LogP contribution in [-0.4, -0.2) is 47.8 Å². The van der Waals surface area contributed by atoms with Gasteiger partial charge in [0.25, 0.3) is 5.91 Å². The molecule has 1 saturated heterocycles. The summed E-state index contributed by atoms with van der Waals surface area (Å²) in [5.74, 6) is 1.40. The van der Waals surface area contributed by atoms with Crippen LogP contribution in [0.4, 0.5) is 0 Å². The highest BCUT2D eigenvalue weighted by atomic mass is 35.5. The topological polar surface area (TPSA) is 79.8 Å². The number of nitrogens with zero attached hydrogens (tertiary/aromatic N) is 2. The van der Waals surface area contributed by atoms with Crippen LogP contribution in [0, 0.1) is 5.92 Å². The van der Waals surface area contributed by atoms with Gasteiger partial charge >= 0.3 is 0 Å². The zero-order valence-corrected chi connectivity index (χ0v) is 15.4. The number of amides is 2. The first-order chi connectivity index (χ1) is 11.7. The largest absolute Gasteiger partial charge is 0.467 e. The van der Waals surface area contributed by atoms with Crippen LogP contribution in [0.15, 0.2) is 16.7 Å². The quantitative estimate of drug-likeness (QED) is 0.883. The molecular formula is C18H28ClN3O3. The molecule has 1 aliphatic carbocycles. The predicted octanol–water partition coefficient (Wildman–Crippen LogP) is 2.41. The SMILES string of the molecule is Cl.NCc1cc(C(=O)N2CCCN(C(=O)CC3CCCC3)CC2)co1. The lowest BCUT2D eigenvalue weighted by molar-refractivity contribution is -0.132. The van der Waals surface area contributed by atoms with Crippen LogP contribution in [0.25, 0.3) is 0 Å². The van der Waals surface area contributed by atoms with Crippen molar-refractivity contribution in [3.05, 3.63) is 23.7 Å². The molecule has 0 atom stereocenters. The van der Waals surface area contributed by atoms with Crippen LogP contribution in [0.3, 0.4) is 0 Å². The standard InChI is InChI=1S/C18H27N3O3.ClH/c19-12-16-11-15(13-24-16)18(23)21-7-3-6-20(8-9-21)17(22)10-14-4-1-2-5-14;/h11,13-14H,1-10,12,19H2;1H. The van der Waals surface area contributed by atoms with Crippen molar-refractivity contribution in [2.75, 3.05) is 26.2 Å². The molecule has 1 saturated carbocycles. The summed E-state index contributed by atoms with van der Waals surface area (Å²) < 4.78 is 5.25. The van der Waals surface area contributed by atoms with Gasteiger partial charge in [0.15, 0.2) is 0 Å². The lowest BCUT2D eigenvalue weighted by Crippen LogP contribution is -2.37. The van der Waals surface area contributed by atoms with E-state index >= 15 is 0 Å². The Morgan fingerprint density at radius 3 is 2.44 bits per heavy atom. The Labute approximate surface area is 155 Å². The number of hydrogen-bond acceptors (Lipinski definition) is 4. The third-order valence-corrected chi connectivity index (χ3v) is 5.18. The molecule has 3 rings (SSSR count). The first-order valence-electron chi connectivity index (χ1n) is 9.02. The van der Waals surface area contributed by atoms with Crippen molar-refractivity contribution in [2.24, 2.45) is 11.7 Å². The molecule has 0 spiro atoms. The molecule has 0 radical (unpaired) electrons. The normalized spacial score (nSPS) is 18.8. The van der Waals surface area contributed by atoms with Crippen molar-refractivity contribution < 1.29 is 14.0 Å². The maximum atomic E-state index is 12.6. The fourth-order valence-electron chi connectivity index (χ4n) is 3.74. The lowest BCUT2D eigenvalue weighted by atomic mass is 10.0. The van der Waals surface area contributed by atoms with Gasteiger partial charge in [0.2, 0.25) is 5.91 Å². The van der Waals surface area contributed by atoms with E-state index in [0.29, 0.717) is 43.3 Å². The van der Waals surface area contributed by atoms with Gasteiger partial charge in [-0.1, -0.05) is 12.8 Å². The van der Waals surface area contributed by atoms with Gasteiger partial charge in [0.05, 0.1) is 12.1 Å². The zero-order valence-electron chi connectivity index (χ0n) is 14.6. The van der Waals surface area contributed by atoms with Crippen LogP contribution in [0.5, 0.6) is 0 Å². The summed E-state index contributed by atoms with van der Waals surface area (Å²) in [6, 6.07) is 1.70. The van der Waals surface area contributed by atoms with Gasteiger partial charge < -0.3 is 20.0 Å². The van der Waals surface area contributed by atoms with E-state index in [1.165, 1.54) is 31.9 Å². The molecule has 2 heterocycles. The van der Waals surface area contributed by atoms with Gasteiger partial charge in [-0.25, -0.2) is 0 Å². The molecule has 2 amide bonds. The Balaban J connectivity index is 0.00000225. The maximum absolute atomic E-state index is 12.6. The van der Waals surface area contributed by atoms with E-state index in [1.807, 2.05) is 9.80 Å². The number of carbonyl (C=O) groups is 2. The van der Waals surface area contributed by atoms with E-state index in [-0.39, 0.29) is 30.8 Å². The summed E-state index contributed by atoms with van der Waals surface area (Å²) >= 11 is 0. The lowest BCUT2D eigenvalue weighted by Gasteiger charge is -2.23. The van der Waals surface area contributed by atoms with Crippen molar-refractivity contribution in [2.45, 2.75) is 45.1 Å². The van der Waals surface area contributed by atoms with E-state index in [1.54, 1.807) is 6.07 Å². The van der Waals surface area contributed by atoms with Gasteiger partial charge in [-0.2, -0.15) is 0 Å². The third kappa shape index (κ3) is 4.98. The highest BCUT2D eigenvalue weighted by Crippen LogP contribution is 2.28. The average Bonchev–Trinajstić information content (AvgIpc) is 3.21. The molecule has 2 fully saturated rings. The van der Waals surface area contributed by atoms with Gasteiger partial charge in [-0.3, -0.25) is 9.59 Å². The molecule has 0 bridgehead atoms. The van der Waals surface area contributed by atoms with Crippen molar-refractivity contribution in [3.8, 4) is 0 Å². The smallest absolute Gasteiger partial charge is 0.257 e. The molecule has 1 aromatic rings. The number of carbonyl (C=O) groups excluding carboxylic acids is 2. The average molecular weight is 370 g/mol. The van der Waals surface area contributed by atoms with Crippen LogP contribution in [0.1, 0.15) is 54.6 Å². The summed E-state index contributed by atoms with van der Waals surface area (Å²) in [5, 5.41) is 0. The van der Waals surface area contributed by atoms with E-state index in [0.717, 1.165) is 13.0 Å². The Morgan fingerprint density at radius 1 is 1.08 bits per heavy atom. The fourth-order valence-corrected chi connectivity index (χ4v) is 3.74. The second kappa shape index (κ2) is 9.25. The molecule has 2 N–H and O–H groups in total. The Kier molecular flexibility index (Phi) is 7.32. The minimum Gasteiger partial charge on any atom is -0.467 e. The van der Waals surface area contributed by atoms with Crippen LogP contribution in [-0.2, 0) is 11.3 Å². The summed E-state index contributed by atoms with van der Waals surface area (Å²) in [7, 11) is 0. The molecule has 2 aliphatic rings. The van der Waals surface area contributed by atoms with E-state index < -0.39 is 0 Å². The van der Waals surface area contributed by atoms with Crippen molar-refractivity contribution >= 4 is 24.2 Å². The molecule has 1 aromatic heterocycles. The number of furan rings is 1. The Morgan fingerprint density at radius 2 is 1.76 bits per heavy atom. The summed E-state index contributed by atoms with van der Waals surface area (Å²) in [4.78, 5) is 28.8. The Bertz CT molecular complexity index is 584. The number of hydrogen-bond donors (Lipinski definition) is 1. The molecular weight excluding hydrogens is 342 g/mol. The number of halogens is 1. The van der Waals surface area contributed by atoms with Gasteiger partial charge in [-0.15, -0.1) is 12.4 Å². The second-order valence-electron chi connectivity index (χ2n) is 6.89. The Hall–Kier alpha value is -1.53. The van der Waals surface area contributed by atoms with Crippen LogP contribution < -0.4 is 5.73 Å². The van der Waals surface area contributed by atoms with E-state index in [9.17, 15) is 9.59 Å². The monoisotopic (exact) mass is 369 g/mol. The molecule has 25 heavy (non-hydrogen) atoms. The summed E-state index contributed by atoms with van der Waals surface area (Å²) in [5.41, 5.74) is 6.07. The highest BCUT2D eigenvalue weighted by Gasteiger charge is 2.26. The first kappa shape index (κ1) is 19.8. The fraction of sp³-hybridized carbons (Fsp3) is 0.667. The minimum absolute atomic E-state index is 0. The van der Waals surface area contributed by atoms with Crippen molar-refractivity contribution in [3.63, 3.8) is 0 Å². The molecule has 140 valence electrons. The second-order valence-corrected chi connectivity index (χ2v) is 6.89. The zero-order chi connectivity index (χ0) is 16.9. The maximum Gasteiger partial charge on any atom is 0.257 e. The van der Waals surface area contributed by atoms with Crippen LogP contribution >= 0.6 is 12.4 Å². The molecule has 6 nitrogen and oxygen atoms in total. The van der Waals surface area contributed by atoms with Gasteiger partial charge in [0, 0.05) is 32.6 Å². The number of rotatable bonds is 4. The molecule has 7 heteroatoms. The van der Waals surface area contributed by atoms with Crippen molar-refractivity contribution in [1.29, 1.82) is 0 Å². The van der Waals surface area contributed by atoms with Crippen molar-refractivity contribution in [1.82, 2.24) is 9.80 Å². The van der Waals surface area contributed by atoms with Gasteiger partial charge in [-0.05, 0) is 31.2 Å². The van der Waals surface area contributed by atoms with E-state index in [4.69, 9.17) is 10.2 Å². The number of nitrogens with two attached hydrogens (primary N) is 1.